The van der Waals surface area contributed by atoms with E-state index in [-0.39, 0.29) is 0 Å². The van der Waals surface area contributed by atoms with Crippen molar-refractivity contribution in [1.29, 1.82) is 0 Å². The minimum Gasteiger partial charge on any atom is -0.312 e. The van der Waals surface area contributed by atoms with E-state index >= 15 is 0 Å². The van der Waals surface area contributed by atoms with Crippen molar-refractivity contribution in [2.75, 3.05) is 6.54 Å². The van der Waals surface area contributed by atoms with Gasteiger partial charge in [0.2, 0.25) is 0 Å². The highest BCUT2D eigenvalue weighted by molar-refractivity contribution is 5.53. The molecule has 0 atom stereocenters. The number of aromatic nitrogens is 2. The summed E-state index contributed by atoms with van der Waals surface area (Å²) in [6.07, 6.45) is 9.57. The first-order chi connectivity index (χ1) is 9.33. The highest BCUT2D eigenvalue weighted by Crippen LogP contribution is 2.27. The van der Waals surface area contributed by atoms with Gasteiger partial charge in [-0.25, -0.2) is 4.52 Å². The summed E-state index contributed by atoms with van der Waals surface area (Å²) in [5.74, 6) is 1.81. The summed E-state index contributed by atoms with van der Waals surface area (Å²) in [6.45, 7) is 4.46. The molecule has 0 saturated heterocycles. The normalized spacial score (nSPS) is 23.8. The first-order valence-corrected chi connectivity index (χ1v) is 7.45. The lowest BCUT2D eigenvalue weighted by Gasteiger charge is -2.26. The van der Waals surface area contributed by atoms with E-state index in [4.69, 9.17) is 0 Å². The second-order valence-electron chi connectivity index (χ2n) is 5.96. The molecule has 1 aliphatic carbocycles. The van der Waals surface area contributed by atoms with E-state index in [0.29, 0.717) is 0 Å². The fraction of sp³-hybridized carbons (Fsp3) is 0.562. The molecule has 0 aromatic carbocycles. The van der Waals surface area contributed by atoms with Crippen molar-refractivity contribution < 1.29 is 0 Å². The zero-order chi connectivity index (χ0) is 13.1. The van der Waals surface area contributed by atoms with Crippen molar-refractivity contribution in [3.63, 3.8) is 0 Å². The third kappa shape index (κ3) is 2.98. The number of nitrogens with one attached hydrogen (secondary N) is 1. The van der Waals surface area contributed by atoms with Crippen LogP contribution in [0.1, 0.15) is 38.2 Å². The van der Waals surface area contributed by atoms with E-state index in [1.807, 2.05) is 23.0 Å². The van der Waals surface area contributed by atoms with E-state index in [0.717, 1.165) is 24.9 Å². The molecule has 1 aliphatic rings. The molecule has 2 heterocycles. The van der Waals surface area contributed by atoms with Gasteiger partial charge in [0.15, 0.2) is 0 Å². The Hall–Kier alpha value is -1.35. The van der Waals surface area contributed by atoms with Crippen LogP contribution in [0.25, 0.3) is 5.52 Å². The molecule has 1 fully saturated rings. The van der Waals surface area contributed by atoms with Gasteiger partial charge in [0.25, 0.3) is 0 Å². The Bertz CT molecular complexity index is 524. The van der Waals surface area contributed by atoms with Gasteiger partial charge in [-0.2, -0.15) is 5.10 Å². The van der Waals surface area contributed by atoms with Gasteiger partial charge in [-0.15, -0.1) is 0 Å². The van der Waals surface area contributed by atoms with Gasteiger partial charge in [0, 0.05) is 18.3 Å². The molecule has 2 aromatic heterocycles. The number of hydrogen-bond acceptors (Lipinski definition) is 2. The Morgan fingerprint density at radius 1 is 1.26 bits per heavy atom. The molecule has 3 rings (SSSR count). The zero-order valence-corrected chi connectivity index (χ0v) is 11.7. The van der Waals surface area contributed by atoms with Crippen LogP contribution in [0.15, 0.2) is 30.6 Å². The summed E-state index contributed by atoms with van der Waals surface area (Å²) < 4.78 is 1.94. The van der Waals surface area contributed by atoms with Crippen LogP contribution < -0.4 is 5.32 Å². The van der Waals surface area contributed by atoms with Gasteiger partial charge in [-0.1, -0.05) is 25.8 Å². The lowest BCUT2D eigenvalue weighted by molar-refractivity contribution is 0.281. The maximum atomic E-state index is 4.37. The van der Waals surface area contributed by atoms with Gasteiger partial charge < -0.3 is 5.32 Å². The maximum absolute atomic E-state index is 4.37. The molecular formula is C16H23N3. The van der Waals surface area contributed by atoms with Gasteiger partial charge in [0.1, 0.15) is 0 Å². The Balaban J connectivity index is 1.52. The molecule has 102 valence electrons. The first-order valence-electron chi connectivity index (χ1n) is 7.45. The molecule has 19 heavy (non-hydrogen) atoms. The second kappa shape index (κ2) is 5.74. The van der Waals surface area contributed by atoms with Crippen LogP contribution >= 0.6 is 0 Å². The lowest BCUT2D eigenvalue weighted by Crippen LogP contribution is -2.25. The van der Waals surface area contributed by atoms with Crippen molar-refractivity contribution >= 4 is 5.52 Å². The Morgan fingerprint density at radius 2 is 2.11 bits per heavy atom. The minimum absolute atomic E-state index is 0.873. The SMILES string of the molecule is CC1CCC(CNCc2cnn3ccccc23)CC1. The number of nitrogens with zero attached hydrogens (tertiary/aromatic N) is 2. The van der Waals surface area contributed by atoms with Crippen molar-refractivity contribution in [3.05, 3.63) is 36.2 Å². The van der Waals surface area contributed by atoms with E-state index in [2.05, 4.69) is 29.5 Å². The summed E-state index contributed by atoms with van der Waals surface area (Å²) in [5, 5.41) is 7.98. The van der Waals surface area contributed by atoms with Gasteiger partial charge >= 0.3 is 0 Å². The third-order valence-electron chi connectivity index (χ3n) is 4.39. The van der Waals surface area contributed by atoms with Crippen molar-refractivity contribution in [1.82, 2.24) is 14.9 Å². The molecule has 0 spiro atoms. The quantitative estimate of drug-likeness (QED) is 0.911. The number of pyridine rings is 1. The zero-order valence-electron chi connectivity index (χ0n) is 11.7. The van der Waals surface area contributed by atoms with Crippen LogP contribution in [-0.2, 0) is 6.54 Å². The fourth-order valence-electron chi connectivity index (χ4n) is 3.07. The van der Waals surface area contributed by atoms with E-state index in [1.54, 1.807) is 0 Å². The summed E-state index contributed by atoms with van der Waals surface area (Å²) in [4.78, 5) is 0. The average Bonchev–Trinajstić information content (AvgIpc) is 2.85. The summed E-state index contributed by atoms with van der Waals surface area (Å²) in [5.41, 5.74) is 2.51. The van der Waals surface area contributed by atoms with Crippen LogP contribution in [0.5, 0.6) is 0 Å². The molecule has 0 aliphatic heterocycles. The molecule has 1 N–H and O–H groups in total. The molecule has 0 amide bonds. The van der Waals surface area contributed by atoms with Crippen LogP contribution in [0.2, 0.25) is 0 Å². The number of fused-ring (bicyclic) bond motifs is 1. The summed E-state index contributed by atoms with van der Waals surface area (Å²) >= 11 is 0. The smallest absolute Gasteiger partial charge is 0.0706 e. The van der Waals surface area contributed by atoms with E-state index < -0.39 is 0 Å². The molecule has 3 heteroatoms. The predicted octanol–water partition coefficient (Wildman–Crippen LogP) is 3.25. The topological polar surface area (TPSA) is 29.3 Å². The molecule has 0 radical (unpaired) electrons. The molecule has 2 aromatic rings. The molecule has 0 unspecified atom stereocenters. The van der Waals surface area contributed by atoms with Crippen LogP contribution in [0.4, 0.5) is 0 Å². The molecule has 3 nitrogen and oxygen atoms in total. The summed E-state index contributed by atoms with van der Waals surface area (Å²) in [7, 11) is 0. The van der Waals surface area contributed by atoms with Crippen LogP contribution in [0.3, 0.4) is 0 Å². The molecular weight excluding hydrogens is 234 g/mol. The fourth-order valence-corrected chi connectivity index (χ4v) is 3.07. The Kier molecular flexibility index (Phi) is 3.83. The van der Waals surface area contributed by atoms with Crippen molar-refractivity contribution in [2.24, 2.45) is 11.8 Å². The van der Waals surface area contributed by atoms with Crippen molar-refractivity contribution in [2.45, 2.75) is 39.2 Å². The summed E-state index contributed by atoms with van der Waals surface area (Å²) in [6, 6.07) is 6.22. The van der Waals surface area contributed by atoms with Gasteiger partial charge in [-0.05, 0) is 43.4 Å². The molecule has 0 bridgehead atoms. The standard InChI is InChI=1S/C16H23N3/c1-13-5-7-14(8-6-13)10-17-11-15-12-18-19-9-3-2-4-16(15)19/h2-4,9,12-14,17H,5-8,10-11H2,1H3. The largest absolute Gasteiger partial charge is 0.312 e. The monoisotopic (exact) mass is 257 g/mol. The van der Waals surface area contributed by atoms with Crippen LogP contribution in [-0.4, -0.2) is 16.2 Å². The average molecular weight is 257 g/mol. The van der Waals surface area contributed by atoms with Crippen molar-refractivity contribution in [3.8, 4) is 0 Å². The highest BCUT2D eigenvalue weighted by atomic mass is 15.2. The number of hydrogen-bond donors (Lipinski definition) is 1. The minimum atomic E-state index is 0.873. The lowest BCUT2D eigenvalue weighted by atomic mass is 9.83. The van der Waals surface area contributed by atoms with Gasteiger partial charge in [-0.3, -0.25) is 0 Å². The van der Waals surface area contributed by atoms with Crippen LogP contribution in [0, 0.1) is 11.8 Å². The van der Waals surface area contributed by atoms with E-state index in [1.165, 1.54) is 36.8 Å². The van der Waals surface area contributed by atoms with Gasteiger partial charge in [0.05, 0.1) is 11.7 Å². The highest BCUT2D eigenvalue weighted by Gasteiger charge is 2.17. The number of rotatable bonds is 4. The first kappa shape index (κ1) is 12.7. The third-order valence-corrected chi connectivity index (χ3v) is 4.39. The second-order valence-corrected chi connectivity index (χ2v) is 5.96. The van der Waals surface area contributed by atoms with E-state index in [9.17, 15) is 0 Å². The Morgan fingerprint density at radius 3 is 2.95 bits per heavy atom. The maximum Gasteiger partial charge on any atom is 0.0706 e. The predicted molar refractivity (Wildman–Crippen MR) is 78.0 cm³/mol. The Labute approximate surface area is 115 Å². The molecule has 1 saturated carbocycles.